The molecule has 160 valence electrons. The lowest BCUT2D eigenvalue weighted by Gasteiger charge is -2.16. The lowest BCUT2D eigenvalue weighted by Crippen LogP contribution is -2.30. The maximum absolute atomic E-state index is 12.7. The van der Waals surface area contributed by atoms with Gasteiger partial charge in [0.15, 0.2) is 19.7 Å². The molecule has 0 bridgehead atoms. The molecule has 0 saturated heterocycles. The SMILES string of the molecule is CC.CCC(=O)C(CS(=O)(=O)c1ccc(C)cc1)CS(=O)(=O)c1ccc(C)cc1. The molecule has 0 amide bonds. The second-order valence-corrected chi connectivity index (χ2v) is 10.8. The predicted octanol–water partition coefficient (Wildman–Crippen LogP) is 4.17. The summed E-state index contributed by atoms with van der Waals surface area (Å²) in [5.74, 6) is -2.52. The van der Waals surface area contributed by atoms with E-state index in [1.807, 2.05) is 27.7 Å². The minimum absolute atomic E-state index is 0.0809. The second kappa shape index (κ2) is 10.7. The summed E-state index contributed by atoms with van der Waals surface area (Å²) in [4.78, 5) is 12.5. The van der Waals surface area contributed by atoms with Crippen molar-refractivity contribution in [1.29, 1.82) is 0 Å². The first-order valence-electron chi connectivity index (χ1n) is 9.66. The van der Waals surface area contributed by atoms with Gasteiger partial charge >= 0.3 is 0 Å². The molecule has 2 aromatic rings. The number of sulfone groups is 2. The number of benzene rings is 2. The van der Waals surface area contributed by atoms with E-state index in [4.69, 9.17) is 0 Å². The van der Waals surface area contributed by atoms with Crippen molar-refractivity contribution in [3.05, 3.63) is 59.7 Å². The summed E-state index contributed by atoms with van der Waals surface area (Å²) in [6.45, 7) is 9.29. The Balaban J connectivity index is 0.00000204. The van der Waals surface area contributed by atoms with Crippen LogP contribution in [-0.4, -0.2) is 34.1 Å². The Labute approximate surface area is 175 Å². The fraction of sp³-hybridized carbons (Fsp3) is 0.409. The van der Waals surface area contributed by atoms with Crippen LogP contribution in [0.5, 0.6) is 0 Å². The van der Waals surface area contributed by atoms with Crippen molar-refractivity contribution < 1.29 is 21.6 Å². The Morgan fingerprint density at radius 3 is 1.31 bits per heavy atom. The summed E-state index contributed by atoms with van der Waals surface area (Å²) < 4.78 is 50.8. The van der Waals surface area contributed by atoms with Crippen LogP contribution in [0.15, 0.2) is 58.3 Å². The average Bonchev–Trinajstić information content (AvgIpc) is 2.68. The van der Waals surface area contributed by atoms with Crippen molar-refractivity contribution in [1.82, 2.24) is 0 Å². The molecule has 0 aromatic heterocycles. The number of carbonyl (C=O) groups excluding carboxylic acids is 1. The monoisotopic (exact) mass is 438 g/mol. The van der Waals surface area contributed by atoms with Crippen LogP contribution in [0, 0.1) is 19.8 Å². The molecule has 5 nitrogen and oxygen atoms in total. The largest absolute Gasteiger partial charge is 0.299 e. The molecule has 7 heteroatoms. The van der Waals surface area contributed by atoms with Crippen LogP contribution in [0.25, 0.3) is 0 Å². The topological polar surface area (TPSA) is 85.3 Å². The van der Waals surface area contributed by atoms with E-state index in [0.717, 1.165) is 11.1 Å². The van der Waals surface area contributed by atoms with E-state index in [9.17, 15) is 21.6 Å². The highest BCUT2D eigenvalue weighted by molar-refractivity contribution is 7.92. The van der Waals surface area contributed by atoms with Gasteiger partial charge in [-0.1, -0.05) is 56.2 Å². The Kier molecular flexibility index (Phi) is 9.23. The maximum atomic E-state index is 12.7. The zero-order valence-electron chi connectivity index (χ0n) is 17.7. The number of hydrogen-bond donors (Lipinski definition) is 0. The number of ketones is 1. The fourth-order valence-corrected chi connectivity index (χ4v) is 6.04. The van der Waals surface area contributed by atoms with Gasteiger partial charge in [0.2, 0.25) is 0 Å². The van der Waals surface area contributed by atoms with Gasteiger partial charge in [-0.05, 0) is 38.1 Å². The van der Waals surface area contributed by atoms with Crippen molar-refractivity contribution in [3.63, 3.8) is 0 Å². The quantitative estimate of drug-likeness (QED) is 0.617. The Hall–Kier alpha value is -1.99. The zero-order valence-corrected chi connectivity index (χ0v) is 19.3. The molecule has 2 rings (SSSR count). The highest BCUT2D eigenvalue weighted by Gasteiger charge is 2.31. The van der Waals surface area contributed by atoms with E-state index >= 15 is 0 Å². The molecular weight excluding hydrogens is 408 g/mol. The number of carbonyl (C=O) groups is 1. The number of aryl methyl sites for hydroxylation is 2. The van der Waals surface area contributed by atoms with E-state index in [2.05, 4.69) is 0 Å². The van der Waals surface area contributed by atoms with Gasteiger partial charge in [0.25, 0.3) is 0 Å². The van der Waals surface area contributed by atoms with Crippen LogP contribution in [0.4, 0.5) is 0 Å². The van der Waals surface area contributed by atoms with Crippen LogP contribution >= 0.6 is 0 Å². The van der Waals surface area contributed by atoms with Crippen LogP contribution < -0.4 is 0 Å². The maximum Gasteiger partial charge on any atom is 0.179 e. The van der Waals surface area contributed by atoms with Gasteiger partial charge in [0.1, 0.15) is 5.78 Å². The summed E-state index contributed by atoms with van der Waals surface area (Å²) in [6.07, 6.45) is 0.0809. The summed E-state index contributed by atoms with van der Waals surface area (Å²) in [7, 11) is -7.56. The van der Waals surface area contributed by atoms with Crippen LogP contribution in [0.1, 0.15) is 38.3 Å². The second-order valence-electron chi connectivity index (χ2n) is 6.71. The third-order valence-electron chi connectivity index (χ3n) is 4.41. The van der Waals surface area contributed by atoms with Gasteiger partial charge in [-0.25, -0.2) is 16.8 Å². The first-order valence-corrected chi connectivity index (χ1v) is 13.0. The fourth-order valence-electron chi connectivity index (χ4n) is 2.74. The Morgan fingerprint density at radius 2 is 1.03 bits per heavy atom. The third kappa shape index (κ3) is 7.08. The standard InChI is InChI=1S/C20H24O5S2.C2H6/c1-4-20(21)17(13-26(22,23)18-9-5-15(2)6-10-18)14-27(24,25)19-11-7-16(3)8-12-19;1-2/h5-12,17H,4,13-14H2,1-3H3;1-2H3. The molecule has 0 heterocycles. The smallest absolute Gasteiger partial charge is 0.179 e. The van der Waals surface area contributed by atoms with Gasteiger partial charge in [0.05, 0.1) is 21.3 Å². The Morgan fingerprint density at radius 1 is 0.724 bits per heavy atom. The molecule has 0 atom stereocenters. The molecule has 0 spiro atoms. The molecule has 0 N–H and O–H groups in total. The molecule has 2 aromatic carbocycles. The molecular formula is C22H30O5S2. The van der Waals surface area contributed by atoms with Crippen LogP contribution in [0.3, 0.4) is 0 Å². The zero-order chi connectivity index (χ0) is 22.2. The van der Waals surface area contributed by atoms with Gasteiger partial charge in [0, 0.05) is 12.3 Å². The van der Waals surface area contributed by atoms with Crippen molar-refractivity contribution in [2.45, 2.75) is 50.8 Å². The van der Waals surface area contributed by atoms with Crippen molar-refractivity contribution in [3.8, 4) is 0 Å². The van der Waals surface area contributed by atoms with Gasteiger partial charge in [-0.3, -0.25) is 4.79 Å². The van der Waals surface area contributed by atoms with E-state index in [-0.39, 0.29) is 22.0 Å². The number of hydrogen-bond acceptors (Lipinski definition) is 5. The van der Waals surface area contributed by atoms with Gasteiger partial charge in [-0.15, -0.1) is 0 Å². The first kappa shape index (κ1) is 25.0. The average molecular weight is 439 g/mol. The number of Topliss-reactive ketones (excluding diaryl/α,β-unsaturated/α-hetero) is 1. The lowest BCUT2D eigenvalue weighted by molar-refractivity contribution is -0.121. The number of rotatable bonds is 8. The summed E-state index contributed by atoms with van der Waals surface area (Å²) in [5.41, 5.74) is 1.83. The summed E-state index contributed by atoms with van der Waals surface area (Å²) in [6, 6.07) is 12.6. The minimum Gasteiger partial charge on any atom is -0.299 e. The summed E-state index contributed by atoms with van der Waals surface area (Å²) >= 11 is 0. The molecule has 0 aliphatic rings. The predicted molar refractivity (Wildman–Crippen MR) is 117 cm³/mol. The highest BCUT2D eigenvalue weighted by atomic mass is 32.2. The molecule has 0 saturated carbocycles. The third-order valence-corrected chi connectivity index (χ3v) is 8.07. The molecule has 0 aliphatic carbocycles. The van der Waals surface area contributed by atoms with Crippen molar-refractivity contribution in [2.75, 3.05) is 11.5 Å². The van der Waals surface area contributed by atoms with E-state index in [1.54, 1.807) is 31.2 Å². The van der Waals surface area contributed by atoms with E-state index in [1.165, 1.54) is 24.3 Å². The normalized spacial score (nSPS) is 11.7. The van der Waals surface area contributed by atoms with E-state index in [0.29, 0.717) is 0 Å². The minimum atomic E-state index is -3.78. The van der Waals surface area contributed by atoms with Crippen LogP contribution in [-0.2, 0) is 24.5 Å². The molecule has 0 unspecified atom stereocenters. The molecule has 0 radical (unpaired) electrons. The Bertz CT molecular complexity index is 926. The van der Waals surface area contributed by atoms with Gasteiger partial charge < -0.3 is 0 Å². The van der Waals surface area contributed by atoms with E-state index < -0.39 is 37.1 Å². The van der Waals surface area contributed by atoms with Crippen molar-refractivity contribution >= 4 is 25.5 Å². The molecule has 29 heavy (non-hydrogen) atoms. The lowest BCUT2D eigenvalue weighted by atomic mass is 10.1. The van der Waals surface area contributed by atoms with Gasteiger partial charge in [-0.2, -0.15) is 0 Å². The van der Waals surface area contributed by atoms with Crippen molar-refractivity contribution in [2.24, 2.45) is 5.92 Å². The first-order chi connectivity index (χ1) is 13.5. The summed E-state index contributed by atoms with van der Waals surface area (Å²) in [5, 5.41) is 0. The molecule has 0 aliphatic heterocycles. The molecule has 0 fully saturated rings. The van der Waals surface area contributed by atoms with Crippen LogP contribution in [0.2, 0.25) is 0 Å². The highest BCUT2D eigenvalue weighted by Crippen LogP contribution is 2.21.